The highest BCUT2D eigenvalue weighted by atomic mass is 79.9. The largest absolute Gasteiger partial charge is 0.324 e. The smallest absolute Gasteiger partial charge is 0.0295 e. The van der Waals surface area contributed by atoms with Crippen LogP contribution in [0.3, 0.4) is 0 Å². The Labute approximate surface area is 88.5 Å². The van der Waals surface area contributed by atoms with Crippen molar-refractivity contribution in [3.63, 3.8) is 0 Å². The summed E-state index contributed by atoms with van der Waals surface area (Å²) in [5.41, 5.74) is 8.51. The Morgan fingerprint density at radius 3 is 2.62 bits per heavy atom. The van der Waals surface area contributed by atoms with Gasteiger partial charge in [-0.05, 0) is 36.6 Å². The molecule has 1 atom stereocenters. The zero-order valence-corrected chi connectivity index (χ0v) is 9.76. The average Bonchev–Trinajstić information content (AvgIpc) is 2.03. The van der Waals surface area contributed by atoms with E-state index in [1.165, 1.54) is 11.1 Å². The van der Waals surface area contributed by atoms with Crippen molar-refractivity contribution in [2.75, 3.05) is 0 Å². The van der Waals surface area contributed by atoms with E-state index in [0.29, 0.717) is 0 Å². The zero-order chi connectivity index (χ0) is 9.84. The van der Waals surface area contributed by atoms with Crippen LogP contribution in [0.25, 0.3) is 0 Å². The van der Waals surface area contributed by atoms with Crippen molar-refractivity contribution in [3.8, 4) is 0 Å². The molecule has 0 saturated carbocycles. The van der Waals surface area contributed by atoms with Crippen LogP contribution in [0.2, 0.25) is 0 Å². The molecule has 1 aromatic rings. The highest BCUT2D eigenvalue weighted by molar-refractivity contribution is 9.10. The van der Waals surface area contributed by atoms with Crippen LogP contribution in [0.4, 0.5) is 0 Å². The van der Waals surface area contributed by atoms with Gasteiger partial charge in [0.05, 0.1) is 0 Å². The minimum absolute atomic E-state index is 0.182. The molecule has 0 amide bonds. The summed E-state index contributed by atoms with van der Waals surface area (Å²) >= 11 is 3.48. The Hall–Kier alpha value is -0.340. The van der Waals surface area contributed by atoms with Crippen LogP contribution in [0.5, 0.6) is 0 Å². The standard InChI is InChI=1S/C11H16BrN/c1-3-4-11(13)9-5-8(2)6-10(12)7-9/h5-7,11H,3-4,13H2,1-2H3. The van der Waals surface area contributed by atoms with Gasteiger partial charge < -0.3 is 5.73 Å². The lowest BCUT2D eigenvalue weighted by atomic mass is 10.0. The van der Waals surface area contributed by atoms with E-state index in [9.17, 15) is 0 Å². The summed E-state index contributed by atoms with van der Waals surface area (Å²) in [5.74, 6) is 0. The molecule has 0 aromatic heterocycles. The van der Waals surface area contributed by atoms with E-state index in [1.54, 1.807) is 0 Å². The molecule has 1 nitrogen and oxygen atoms in total. The zero-order valence-electron chi connectivity index (χ0n) is 8.18. The van der Waals surface area contributed by atoms with E-state index < -0.39 is 0 Å². The molecule has 0 aliphatic rings. The van der Waals surface area contributed by atoms with Crippen LogP contribution in [0, 0.1) is 6.92 Å². The van der Waals surface area contributed by atoms with Gasteiger partial charge in [-0.1, -0.05) is 35.3 Å². The third kappa shape index (κ3) is 3.12. The van der Waals surface area contributed by atoms with Gasteiger partial charge in [0.1, 0.15) is 0 Å². The Bertz CT molecular complexity index is 263. The van der Waals surface area contributed by atoms with Crippen LogP contribution in [0.15, 0.2) is 22.7 Å². The van der Waals surface area contributed by atoms with Crippen LogP contribution in [0.1, 0.15) is 36.9 Å². The molecule has 1 aromatic carbocycles. The molecule has 2 heteroatoms. The molecular formula is C11H16BrN. The van der Waals surface area contributed by atoms with Gasteiger partial charge >= 0.3 is 0 Å². The lowest BCUT2D eigenvalue weighted by Crippen LogP contribution is -2.09. The molecule has 1 rings (SSSR count). The molecule has 0 fully saturated rings. The van der Waals surface area contributed by atoms with Gasteiger partial charge in [-0.25, -0.2) is 0 Å². The van der Waals surface area contributed by atoms with Crippen LogP contribution in [-0.2, 0) is 0 Å². The van der Waals surface area contributed by atoms with E-state index in [-0.39, 0.29) is 6.04 Å². The molecule has 13 heavy (non-hydrogen) atoms. The summed E-state index contributed by atoms with van der Waals surface area (Å²) in [5, 5.41) is 0. The average molecular weight is 242 g/mol. The van der Waals surface area contributed by atoms with Crippen LogP contribution in [-0.4, -0.2) is 0 Å². The van der Waals surface area contributed by atoms with Crippen molar-refractivity contribution in [1.29, 1.82) is 0 Å². The summed E-state index contributed by atoms with van der Waals surface area (Å²) < 4.78 is 1.12. The number of benzene rings is 1. The fourth-order valence-electron chi connectivity index (χ4n) is 1.46. The molecule has 0 radical (unpaired) electrons. The number of nitrogens with two attached hydrogens (primary N) is 1. The number of halogens is 1. The minimum Gasteiger partial charge on any atom is -0.324 e. The predicted octanol–water partition coefficient (Wildman–Crippen LogP) is 3.56. The van der Waals surface area contributed by atoms with E-state index in [4.69, 9.17) is 5.73 Å². The SMILES string of the molecule is CCCC(N)c1cc(C)cc(Br)c1. The number of hydrogen-bond donors (Lipinski definition) is 1. The first kappa shape index (κ1) is 10.7. The summed E-state index contributed by atoms with van der Waals surface area (Å²) in [4.78, 5) is 0. The van der Waals surface area contributed by atoms with Gasteiger partial charge in [0, 0.05) is 10.5 Å². The summed E-state index contributed by atoms with van der Waals surface area (Å²) in [6.45, 7) is 4.25. The second-order valence-electron chi connectivity index (χ2n) is 3.46. The fraction of sp³-hybridized carbons (Fsp3) is 0.455. The first-order chi connectivity index (χ1) is 6.13. The van der Waals surface area contributed by atoms with Crippen molar-refractivity contribution >= 4 is 15.9 Å². The van der Waals surface area contributed by atoms with E-state index in [1.807, 2.05) is 0 Å². The minimum atomic E-state index is 0.182. The second kappa shape index (κ2) is 4.77. The first-order valence-corrected chi connectivity index (χ1v) is 5.45. The highest BCUT2D eigenvalue weighted by Gasteiger charge is 2.05. The molecule has 2 N–H and O–H groups in total. The maximum atomic E-state index is 6.02. The topological polar surface area (TPSA) is 26.0 Å². The molecule has 0 aliphatic heterocycles. The van der Waals surface area contributed by atoms with Crippen molar-refractivity contribution in [3.05, 3.63) is 33.8 Å². The molecule has 0 bridgehead atoms. The van der Waals surface area contributed by atoms with Gasteiger partial charge in [-0.3, -0.25) is 0 Å². The summed E-state index contributed by atoms with van der Waals surface area (Å²) in [6, 6.07) is 6.54. The van der Waals surface area contributed by atoms with Gasteiger partial charge in [-0.15, -0.1) is 0 Å². The van der Waals surface area contributed by atoms with Gasteiger partial charge in [0.2, 0.25) is 0 Å². The molecule has 0 spiro atoms. The predicted molar refractivity (Wildman–Crippen MR) is 60.7 cm³/mol. The third-order valence-corrected chi connectivity index (χ3v) is 2.55. The third-order valence-electron chi connectivity index (χ3n) is 2.09. The van der Waals surface area contributed by atoms with E-state index in [2.05, 4.69) is 48.0 Å². The van der Waals surface area contributed by atoms with Gasteiger partial charge in [-0.2, -0.15) is 0 Å². The Morgan fingerprint density at radius 1 is 1.38 bits per heavy atom. The molecule has 0 saturated heterocycles. The maximum absolute atomic E-state index is 6.02. The molecular weight excluding hydrogens is 226 g/mol. The Balaban J connectivity index is 2.87. The van der Waals surface area contributed by atoms with Crippen LogP contribution >= 0.6 is 15.9 Å². The summed E-state index contributed by atoms with van der Waals surface area (Å²) in [7, 11) is 0. The van der Waals surface area contributed by atoms with Gasteiger partial charge in [0.15, 0.2) is 0 Å². The van der Waals surface area contributed by atoms with Crippen molar-refractivity contribution in [2.45, 2.75) is 32.7 Å². The van der Waals surface area contributed by atoms with Crippen LogP contribution < -0.4 is 5.73 Å². The monoisotopic (exact) mass is 241 g/mol. The fourth-order valence-corrected chi connectivity index (χ4v) is 2.08. The Kier molecular flexibility index (Phi) is 3.94. The quantitative estimate of drug-likeness (QED) is 0.861. The molecule has 72 valence electrons. The summed E-state index contributed by atoms with van der Waals surface area (Å²) in [6.07, 6.45) is 2.18. The van der Waals surface area contributed by atoms with Crippen molar-refractivity contribution in [2.24, 2.45) is 5.73 Å². The molecule has 0 aliphatic carbocycles. The normalized spacial score (nSPS) is 12.9. The van der Waals surface area contributed by atoms with E-state index in [0.717, 1.165) is 17.3 Å². The van der Waals surface area contributed by atoms with Gasteiger partial charge in [0.25, 0.3) is 0 Å². The molecule has 1 unspecified atom stereocenters. The first-order valence-electron chi connectivity index (χ1n) is 4.66. The number of rotatable bonds is 3. The van der Waals surface area contributed by atoms with E-state index >= 15 is 0 Å². The number of hydrogen-bond acceptors (Lipinski definition) is 1. The lowest BCUT2D eigenvalue weighted by molar-refractivity contribution is 0.638. The van der Waals surface area contributed by atoms with Crippen molar-refractivity contribution in [1.82, 2.24) is 0 Å². The lowest BCUT2D eigenvalue weighted by Gasteiger charge is -2.11. The maximum Gasteiger partial charge on any atom is 0.0295 e. The second-order valence-corrected chi connectivity index (χ2v) is 4.37. The number of aryl methyl sites for hydroxylation is 1. The molecule has 0 heterocycles. The highest BCUT2D eigenvalue weighted by Crippen LogP contribution is 2.21. The van der Waals surface area contributed by atoms with Crippen molar-refractivity contribution < 1.29 is 0 Å². The Morgan fingerprint density at radius 2 is 2.08 bits per heavy atom.